The third-order valence-electron chi connectivity index (χ3n) is 5.03. The van der Waals surface area contributed by atoms with Gasteiger partial charge in [0.2, 0.25) is 11.8 Å². The van der Waals surface area contributed by atoms with Gasteiger partial charge in [-0.2, -0.15) is 0 Å². The standard InChI is InChI=1S/C24H20N2O3/c27-21-15-20(18-9-5-2-6-10-18)26-24(29)22(21)23(28)25-19-13-11-17(12-14-19)16-7-3-1-4-8-16/h1-14,20,22H,15H2,(H,25,28)(H,26,29)/t20-,22?/m1/s1. The number of rotatable bonds is 4. The first-order chi connectivity index (χ1) is 14.1. The Bertz CT molecular complexity index is 1010. The van der Waals surface area contributed by atoms with Crippen LogP contribution in [0.15, 0.2) is 84.9 Å². The van der Waals surface area contributed by atoms with E-state index in [1.807, 2.05) is 72.8 Å². The van der Waals surface area contributed by atoms with E-state index in [-0.39, 0.29) is 12.2 Å². The van der Waals surface area contributed by atoms with Gasteiger partial charge in [0.05, 0.1) is 6.04 Å². The van der Waals surface area contributed by atoms with Crippen LogP contribution in [0.1, 0.15) is 18.0 Å². The van der Waals surface area contributed by atoms with E-state index in [0.29, 0.717) is 5.69 Å². The van der Waals surface area contributed by atoms with Crippen LogP contribution in [-0.2, 0) is 14.4 Å². The zero-order valence-corrected chi connectivity index (χ0v) is 15.7. The maximum atomic E-state index is 12.6. The predicted molar refractivity (Wildman–Crippen MR) is 111 cm³/mol. The quantitative estimate of drug-likeness (QED) is 0.673. The Labute approximate surface area is 168 Å². The first kappa shape index (κ1) is 18.6. The van der Waals surface area contributed by atoms with Gasteiger partial charge in [-0.1, -0.05) is 72.8 Å². The molecule has 1 fully saturated rings. The maximum Gasteiger partial charge on any atom is 0.244 e. The summed E-state index contributed by atoms with van der Waals surface area (Å²) in [5.74, 6) is -2.87. The monoisotopic (exact) mass is 384 g/mol. The van der Waals surface area contributed by atoms with Crippen molar-refractivity contribution in [3.05, 3.63) is 90.5 Å². The van der Waals surface area contributed by atoms with Crippen LogP contribution in [0.4, 0.5) is 5.69 Å². The Morgan fingerprint density at radius 3 is 2.00 bits per heavy atom. The largest absolute Gasteiger partial charge is 0.348 e. The molecule has 2 amide bonds. The zero-order chi connectivity index (χ0) is 20.2. The summed E-state index contributed by atoms with van der Waals surface area (Å²) < 4.78 is 0. The Kier molecular flexibility index (Phi) is 5.20. The van der Waals surface area contributed by atoms with Gasteiger partial charge >= 0.3 is 0 Å². The van der Waals surface area contributed by atoms with Gasteiger partial charge in [0, 0.05) is 12.1 Å². The summed E-state index contributed by atoms with van der Waals surface area (Å²) in [6, 6.07) is 26.1. The van der Waals surface area contributed by atoms with Crippen molar-refractivity contribution in [3.8, 4) is 11.1 Å². The summed E-state index contributed by atoms with van der Waals surface area (Å²) in [4.78, 5) is 37.6. The molecule has 2 atom stereocenters. The molecule has 1 unspecified atom stereocenters. The molecule has 0 aliphatic carbocycles. The van der Waals surface area contributed by atoms with E-state index >= 15 is 0 Å². The van der Waals surface area contributed by atoms with Crippen LogP contribution in [0.5, 0.6) is 0 Å². The number of nitrogens with one attached hydrogen (secondary N) is 2. The van der Waals surface area contributed by atoms with Crippen LogP contribution in [0, 0.1) is 5.92 Å². The number of hydrogen-bond donors (Lipinski definition) is 2. The predicted octanol–water partition coefficient (Wildman–Crippen LogP) is 3.74. The molecule has 29 heavy (non-hydrogen) atoms. The van der Waals surface area contributed by atoms with Gasteiger partial charge in [-0.05, 0) is 28.8 Å². The molecule has 3 aromatic carbocycles. The highest BCUT2D eigenvalue weighted by Crippen LogP contribution is 2.26. The van der Waals surface area contributed by atoms with Crippen LogP contribution in [0.2, 0.25) is 0 Å². The van der Waals surface area contributed by atoms with Crippen molar-refractivity contribution in [3.63, 3.8) is 0 Å². The summed E-state index contributed by atoms with van der Waals surface area (Å²) in [6.07, 6.45) is 0.0980. The number of amides is 2. The fraction of sp³-hybridized carbons (Fsp3) is 0.125. The molecule has 0 saturated carbocycles. The molecule has 3 aromatic rings. The maximum absolute atomic E-state index is 12.6. The third-order valence-corrected chi connectivity index (χ3v) is 5.03. The van der Waals surface area contributed by atoms with Crippen LogP contribution < -0.4 is 10.6 Å². The molecule has 1 heterocycles. The number of piperidine rings is 1. The molecule has 0 bridgehead atoms. The van der Waals surface area contributed by atoms with Gasteiger partial charge in [-0.3, -0.25) is 14.4 Å². The van der Waals surface area contributed by atoms with Crippen molar-refractivity contribution >= 4 is 23.3 Å². The average molecular weight is 384 g/mol. The van der Waals surface area contributed by atoms with Crippen molar-refractivity contribution in [2.45, 2.75) is 12.5 Å². The molecule has 0 spiro atoms. The van der Waals surface area contributed by atoms with Crippen LogP contribution in [0.25, 0.3) is 11.1 Å². The third kappa shape index (κ3) is 4.09. The number of Topliss-reactive ketones (excluding diaryl/α,β-unsaturated/α-hetero) is 1. The normalized spacial score (nSPS) is 18.8. The molecular formula is C24H20N2O3. The number of ketones is 1. The first-order valence-corrected chi connectivity index (χ1v) is 9.46. The zero-order valence-electron chi connectivity index (χ0n) is 15.7. The molecular weight excluding hydrogens is 364 g/mol. The van der Waals surface area contributed by atoms with Gasteiger partial charge in [0.15, 0.2) is 11.7 Å². The fourth-order valence-electron chi connectivity index (χ4n) is 3.51. The first-order valence-electron chi connectivity index (χ1n) is 9.46. The number of carbonyl (C=O) groups excluding carboxylic acids is 3. The smallest absolute Gasteiger partial charge is 0.244 e. The number of benzene rings is 3. The highest BCUT2D eigenvalue weighted by Gasteiger charge is 2.40. The van der Waals surface area contributed by atoms with Gasteiger partial charge in [0.1, 0.15) is 0 Å². The molecule has 2 N–H and O–H groups in total. The van der Waals surface area contributed by atoms with E-state index in [2.05, 4.69) is 10.6 Å². The average Bonchev–Trinajstić information content (AvgIpc) is 2.75. The molecule has 1 aliphatic heterocycles. The van der Waals surface area contributed by atoms with Crippen molar-refractivity contribution in [2.24, 2.45) is 5.92 Å². The summed E-state index contributed by atoms with van der Waals surface area (Å²) in [5.41, 5.74) is 3.48. The van der Waals surface area contributed by atoms with E-state index in [4.69, 9.17) is 0 Å². The van der Waals surface area contributed by atoms with Crippen molar-refractivity contribution in [1.82, 2.24) is 5.32 Å². The Morgan fingerprint density at radius 1 is 0.793 bits per heavy atom. The molecule has 1 saturated heterocycles. The molecule has 5 heteroatoms. The van der Waals surface area contributed by atoms with E-state index in [1.165, 1.54) is 0 Å². The topological polar surface area (TPSA) is 75.3 Å². The van der Waals surface area contributed by atoms with Gasteiger partial charge in [-0.25, -0.2) is 0 Å². The van der Waals surface area contributed by atoms with Crippen molar-refractivity contribution in [2.75, 3.05) is 5.32 Å². The van der Waals surface area contributed by atoms with E-state index in [9.17, 15) is 14.4 Å². The van der Waals surface area contributed by atoms with E-state index in [0.717, 1.165) is 16.7 Å². The lowest BCUT2D eigenvalue weighted by molar-refractivity contribution is -0.143. The minimum absolute atomic E-state index is 0.0980. The highest BCUT2D eigenvalue weighted by atomic mass is 16.2. The number of hydrogen-bond acceptors (Lipinski definition) is 3. The molecule has 0 radical (unpaired) electrons. The fourth-order valence-corrected chi connectivity index (χ4v) is 3.51. The van der Waals surface area contributed by atoms with Gasteiger partial charge in [-0.15, -0.1) is 0 Å². The van der Waals surface area contributed by atoms with Gasteiger partial charge in [0.25, 0.3) is 0 Å². The highest BCUT2D eigenvalue weighted by molar-refractivity contribution is 6.22. The molecule has 4 rings (SSSR count). The summed E-state index contributed by atoms with van der Waals surface area (Å²) in [7, 11) is 0. The summed E-state index contributed by atoms with van der Waals surface area (Å²) in [6.45, 7) is 0. The summed E-state index contributed by atoms with van der Waals surface area (Å²) in [5, 5.41) is 5.48. The second kappa shape index (κ2) is 8.10. The molecule has 1 aliphatic rings. The number of carbonyl (C=O) groups is 3. The second-order valence-corrected chi connectivity index (χ2v) is 7.01. The lowest BCUT2D eigenvalue weighted by Gasteiger charge is -2.27. The Balaban J connectivity index is 1.43. The SMILES string of the molecule is O=C1C[C@H](c2ccccc2)NC(=O)C1C(=O)Nc1ccc(-c2ccccc2)cc1. The Hall–Kier alpha value is -3.73. The molecule has 144 valence electrons. The van der Waals surface area contributed by atoms with Crippen LogP contribution >= 0.6 is 0 Å². The lowest BCUT2D eigenvalue weighted by atomic mass is 9.88. The molecule has 0 aromatic heterocycles. The van der Waals surface area contributed by atoms with Crippen LogP contribution in [-0.4, -0.2) is 17.6 Å². The van der Waals surface area contributed by atoms with Crippen LogP contribution in [0.3, 0.4) is 0 Å². The lowest BCUT2D eigenvalue weighted by Crippen LogP contribution is -2.49. The van der Waals surface area contributed by atoms with Crippen molar-refractivity contribution in [1.29, 1.82) is 0 Å². The van der Waals surface area contributed by atoms with E-state index < -0.39 is 23.8 Å². The Morgan fingerprint density at radius 2 is 1.38 bits per heavy atom. The van der Waals surface area contributed by atoms with Crippen molar-refractivity contribution < 1.29 is 14.4 Å². The summed E-state index contributed by atoms with van der Waals surface area (Å²) >= 11 is 0. The number of anilines is 1. The van der Waals surface area contributed by atoms with Gasteiger partial charge < -0.3 is 10.6 Å². The minimum atomic E-state index is -1.33. The second-order valence-electron chi connectivity index (χ2n) is 7.01. The minimum Gasteiger partial charge on any atom is -0.348 e. The van der Waals surface area contributed by atoms with E-state index in [1.54, 1.807) is 12.1 Å². The molecule has 5 nitrogen and oxygen atoms in total.